The van der Waals surface area contributed by atoms with Gasteiger partial charge in [-0.2, -0.15) is 5.10 Å². The third-order valence-electron chi connectivity index (χ3n) is 4.73. The maximum atomic E-state index is 13.4. The van der Waals surface area contributed by atoms with E-state index < -0.39 is 12.0 Å². The van der Waals surface area contributed by atoms with Crippen LogP contribution < -0.4 is 14.9 Å². The molecular formula is C21H19ClN4O3S. The zero-order valence-electron chi connectivity index (χ0n) is 16.6. The van der Waals surface area contributed by atoms with E-state index in [0.29, 0.717) is 25.6 Å². The van der Waals surface area contributed by atoms with Crippen LogP contribution in [-0.4, -0.2) is 26.9 Å². The largest absolute Gasteiger partial charge is 0.463 e. The first kappa shape index (κ1) is 20.3. The average Bonchev–Trinajstić information content (AvgIpc) is 3.24. The van der Waals surface area contributed by atoms with Crippen molar-refractivity contribution in [3.05, 3.63) is 83.8 Å². The molecule has 7 nitrogen and oxygen atoms in total. The first-order chi connectivity index (χ1) is 14.4. The van der Waals surface area contributed by atoms with Crippen molar-refractivity contribution in [3.8, 4) is 0 Å². The number of hydrogen-bond donors (Lipinski definition) is 0. The minimum Gasteiger partial charge on any atom is -0.463 e. The predicted octanol–water partition coefficient (Wildman–Crippen LogP) is 2.19. The number of carbonyl (C=O) groups excluding carboxylic acids is 1. The molecule has 0 saturated carbocycles. The molecule has 0 fully saturated rings. The Morgan fingerprint density at radius 2 is 2.07 bits per heavy atom. The average molecular weight is 443 g/mol. The molecule has 3 heterocycles. The third kappa shape index (κ3) is 3.64. The maximum Gasteiger partial charge on any atom is 0.338 e. The molecule has 9 heteroatoms. The molecule has 0 N–H and O–H groups in total. The van der Waals surface area contributed by atoms with Gasteiger partial charge < -0.3 is 4.74 Å². The fourth-order valence-corrected chi connectivity index (χ4v) is 4.59. The highest BCUT2D eigenvalue weighted by atomic mass is 35.5. The Balaban J connectivity index is 1.96. The minimum absolute atomic E-state index is 0.225. The van der Waals surface area contributed by atoms with E-state index in [1.165, 1.54) is 11.3 Å². The number of fused-ring (bicyclic) bond motifs is 1. The molecule has 0 radical (unpaired) electrons. The van der Waals surface area contributed by atoms with E-state index in [9.17, 15) is 9.59 Å². The van der Waals surface area contributed by atoms with Crippen LogP contribution in [0.25, 0.3) is 6.08 Å². The van der Waals surface area contributed by atoms with Crippen molar-refractivity contribution < 1.29 is 9.53 Å². The first-order valence-corrected chi connectivity index (χ1v) is 10.5. The molecule has 4 rings (SSSR count). The minimum atomic E-state index is -0.645. The summed E-state index contributed by atoms with van der Waals surface area (Å²) in [6.45, 7) is 3.73. The van der Waals surface area contributed by atoms with Crippen molar-refractivity contribution in [2.75, 3.05) is 6.61 Å². The highest BCUT2D eigenvalue weighted by molar-refractivity contribution is 7.07. The number of halogens is 1. The maximum absolute atomic E-state index is 13.4. The Labute approximate surface area is 181 Å². The molecule has 0 spiro atoms. The molecular weight excluding hydrogens is 424 g/mol. The highest BCUT2D eigenvalue weighted by Crippen LogP contribution is 2.31. The van der Waals surface area contributed by atoms with Gasteiger partial charge in [-0.05, 0) is 37.6 Å². The quantitative estimate of drug-likeness (QED) is 0.580. The first-order valence-electron chi connectivity index (χ1n) is 9.33. The summed E-state index contributed by atoms with van der Waals surface area (Å²) in [6.07, 6.45) is 5.29. The van der Waals surface area contributed by atoms with Crippen LogP contribution in [0.15, 0.2) is 57.7 Å². The van der Waals surface area contributed by atoms with E-state index >= 15 is 0 Å². The predicted molar refractivity (Wildman–Crippen MR) is 115 cm³/mol. The van der Waals surface area contributed by atoms with E-state index in [1.807, 2.05) is 25.4 Å². The zero-order valence-corrected chi connectivity index (χ0v) is 18.2. The SMILES string of the molecule is CCOC(=O)C1=C(C)N=c2s/c(=C/c3cnn(C)c3)c(=O)n2[C@@H]1c1ccc(Cl)cc1. The van der Waals surface area contributed by atoms with Crippen molar-refractivity contribution in [1.29, 1.82) is 0 Å². The third-order valence-corrected chi connectivity index (χ3v) is 5.96. The van der Waals surface area contributed by atoms with Crippen molar-refractivity contribution in [1.82, 2.24) is 14.3 Å². The number of thiazole rings is 1. The normalized spacial score (nSPS) is 16.4. The number of esters is 1. The van der Waals surface area contributed by atoms with E-state index in [1.54, 1.807) is 47.5 Å². The summed E-state index contributed by atoms with van der Waals surface area (Å²) in [5, 5.41) is 4.71. The summed E-state index contributed by atoms with van der Waals surface area (Å²) in [7, 11) is 1.81. The second-order valence-corrected chi connectivity index (χ2v) is 8.25. The molecule has 1 atom stereocenters. The summed E-state index contributed by atoms with van der Waals surface area (Å²) in [5.41, 5.74) is 2.22. The van der Waals surface area contributed by atoms with Crippen LogP contribution in [0.1, 0.15) is 31.0 Å². The number of aryl methyl sites for hydroxylation is 1. The van der Waals surface area contributed by atoms with Crippen molar-refractivity contribution in [2.45, 2.75) is 19.9 Å². The summed E-state index contributed by atoms with van der Waals surface area (Å²) in [6, 6.07) is 6.45. The van der Waals surface area contributed by atoms with Crippen LogP contribution in [0.3, 0.4) is 0 Å². The molecule has 2 aromatic heterocycles. The monoisotopic (exact) mass is 442 g/mol. The van der Waals surface area contributed by atoms with Crippen molar-refractivity contribution >= 4 is 35.0 Å². The molecule has 0 bridgehead atoms. The lowest BCUT2D eigenvalue weighted by Gasteiger charge is -2.24. The van der Waals surface area contributed by atoms with Gasteiger partial charge in [0.1, 0.15) is 0 Å². The van der Waals surface area contributed by atoms with E-state index in [2.05, 4.69) is 10.1 Å². The molecule has 1 aromatic carbocycles. The van der Waals surface area contributed by atoms with Crippen molar-refractivity contribution in [2.24, 2.45) is 12.0 Å². The second-order valence-electron chi connectivity index (χ2n) is 6.80. The highest BCUT2D eigenvalue weighted by Gasteiger charge is 2.33. The van der Waals surface area contributed by atoms with E-state index in [0.717, 1.165) is 11.1 Å². The molecule has 3 aromatic rings. The Morgan fingerprint density at radius 3 is 2.70 bits per heavy atom. The number of allylic oxidation sites excluding steroid dienone is 1. The molecule has 0 unspecified atom stereocenters. The summed E-state index contributed by atoms with van der Waals surface area (Å²) in [4.78, 5) is 31.2. The van der Waals surface area contributed by atoms with E-state index in [-0.39, 0.29) is 12.2 Å². The second kappa shape index (κ2) is 8.04. The van der Waals surface area contributed by atoms with Gasteiger partial charge in [-0.1, -0.05) is 35.1 Å². The molecule has 154 valence electrons. The summed E-state index contributed by atoms with van der Waals surface area (Å²) >= 11 is 7.33. The Morgan fingerprint density at radius 1 is 1.33 bits per heavy atom. The number of benzene rings is 1. The summed E-state index contributed by atoms with van der Waals surface area (Å²) in [5.74, 6) is -0.486. The fraction of sp³-hybridized carbons (Fsp3) is 0.238. The van der Waals surface area contributed by atoms with E-state index in [4.69, 9.17) is 16.3 Å². The zero-order chi connectivity index (χ0) is 21.4. The van der Waals surface area contributed by atoms with Crippen LogP contribution in [0.2, 0.25) is 5.02 Å². The standard InChI is InChI=1S/C21H19ClN4O3S/c1-4-29-20(28)17-12(2)24-21-26(18(17)14-5-7-15(22)8-6-14)19(27)16(30-21)9-13-10-23-25(3)11-13/h5-11,18H,4H2,1-3H3/b16-9+/t18-/m1/s1. The number of aromatic nitrogens is 3. The molecule has 1 aliphatic rings. The number of hydrogen-bond acceptors (Lipinski definition) is 6. The molecule has 0 saturated heterocycles. The number of ether oxygens (including phenoxy) is 1. The molecule has 30 heavy (non-hydrogen) atoms. The lowest BCUT2D eigenvalue weighted by Crippen LogP contribution is -2.39. The summed E-state index contributed by atoms with van der Waals surface area (Å²) < 4.78 is 9.01. The van der Waals surface area contributed by atoms with Crippen LogP contribution >= 0.6 is 22.9 Å². The van der Waals surface area contributed by atoms with Crippen LogP contribution in [0, 0.1) is 0 Å². The number of nitrogens with zero attached hydrogens (tertiary/aromatic N) is 4. The molecule has 1 aliphatic heterocycles. The van der Waals surface area contributed by atoms with Crippen LogP contribution in [-0.2, 0) is 16.6 Å². The van der Waals surface area contributed by atoms with Gasteiger partial charge in [0, 0.05) is 23.8 Å². The molecule has 0 aliphatic carbocycles. The van der Waals surface area contributed by atoms with Gasteiger partial charge in [-0.25, -0.2) is 9.79 Å². The number of carbonyl (C=O) groups is 1. The van der Waals surface area contributed by atoms with Gasteiger partial charge in [-0.3, -0.25) is 14.0 Å². The van der Waals surface area contributed by atoms with Gasteiger partial charge >= 0.3 is 5.97 Å². The van der Waals surface area contributed by atoms with Crippen molar-refractivity contribution in [3.63, 3.8) is 0 Å². The van der Waals surface area contributed by atoms with Gasteiger partial charge in [0.25, 0.3) is 5.56 Å². The van der Waals surface area contributed by atoms with Gasteiger partial charge in [0.2, 0.25) is 0 Å². The van der Waals surface area contributed by atoms with Gasteiger partial charge in [-0.15, -0.1) is 0 Å². The smallest absolute Gasteiger partial charge is 0.338 e. The van der Waals surface area contributed by atoms with Gasteiger partial charge in [0.05, 0.1) is 34.6 Å². The molecule has 0 amide bonds. The topological polar surface area (TPSA) is 78.5 Å². The lowest BCUT2D eigenvalue weighted by atomic mass is 9.96. The Kier molecular flexibility index (Phi) is 5.44. The lowest BCUT2D eigenvalue weighted by molar-refractivity contribution is -0.139. The Bertz CT molecular complexity index is 1330. The van der Waals surface area contributed by atoms with Crippen LogP contribution in [0.4, 0.5) is 0 Å². The Hall–Kier alpha value is -2.97. The van der Waals surface area contributed by atoms with Crippen LogP contribution in [0.5, 0.6) is 0 Å². The fourth-order valence-electron chi connectivity index (χ4n) is 3.42. The van der Waals surface area contributed by atoms with Gasteiger partial charge in [0.15, 0.2) is 4.80 Å². The number of rotatable bonds is 4.